The molecule has 0 saturated heterocycles. The van der Waals surface area contributed by atoms with Crippen molar-refractivity contribution < 1.29 is 0 Å². The minimum atomic E-state index is 0.319. The van der Waals surface area contributed by atoms with Crippen LogP contribution < -0.4 is 11.3 Å². The third kappa shape index (κ3) is 1.79. The van der Waals surface area contributed by atoms with Crippen molar-refractivity contribution in [2.75, 3.05) is 0 Å². The summed E-state index contributed by atoms with van der Waals surface area (Å²) < 4.78 is 2.04. The van der Waals surface area contributed by atoms with Gasteiger partial charge in [0.25, 0.3) is 0 Å². The number of hydrazine groups is 1. The van der Waals surface area contributed by atoms with Gasteiger partial charge in [-0.1, -0.05) is 6.92 Å². The number of hydrogen-bond donors (Lipinski definition) is 2. The second-order valence-corrected chi connectivity index (χ2v) is 4.17. The molecule has 1 unspecified atom stereocenters. The van der Waals surface area contributed by atoms with Crippen LogP contribution in [0, 0.1) is 0 Å². The predicted molar refractivity (Wildman–Crippen MR) is 58.2 cm³/mol. The summed E-state index contributed by atoms with van der Waals surface area (Å²) in [6.45, 7) is 2.11. The van der Waals surface area contributed by atoms with Gasteiger partial charge in [-0.25, -0.2) is 4.98 Å². The van der Waals surface area contributed by atoms with Gasteiger partial charge in [0.1, 0.15) is 0 Å². The average Bonchev–Trinajstić information content (AvgIpc) is 2.73. The van der Waals surface area contributed by atoms with Crippen LogP contribution in [0.3, 0.4) is 0 Å². The standard InChI is InChI=1S/C9H14N4S/c1-2-7(12-10)5-8-6-13-3-4-14-9(13)11-8/h3-4,6-7,12H,2,5,10H2,1H3. The number of fused-ring (bicyclic) bond motifs is 1. The topological polar surface area (TPSA) is 55.3 Å². The molecular formula is C9H14N4S. The minimum absolute atomic E-state index is 0.319. The molecule has 0 aromatic carbocycles. The highest BCUT2D eigenvalue weighted by Gasteiger charge is 2.08. The normalized spacial score (nSPS) is 13.6. The Hall–Kier alpha value is -0.910. The van der Waals surface area contributed by atoms with Gasteiger partial charge in [0.05, 0.1) is 5.69 Å². The number of aromatic nitrogens is 2. The number of imidazole rings is 1. The van der Waals surface area contributed by atoms with Gasteiger partial charge in [0.15, 0.2) is 4.96 Å². The third-order valence-electron chi connectivity index (χ3n) is 2.33. The molecule has 4 nitrogen and oxygen atoms in total. The van der Waals surface area contributed by atoms with E-state index >= 15 is 0 Å². The van der Waals surface area contributed by atoms with Crippen molar-refractivity contribution in [1.82, 2.24) is 14.8 Å². The first-order valence-corrected chi connectivity index (χ1v) is 5.58. The summed E-state index contributed by atoms with van der Waals surface area (Å²) in [5, 5.41) is 2.03. The molecule has 0 amide bonds. The summed E-state index contributed by atoms with van der Waals surface area (Å²) in [5.41, 5.74) is 3.89. The number of nitrogens with one attached hydrogen (secondary N) is 1. The summed E-state index contributed by atoms with van der Waals surface area (Å²) >= 11 is 1.65. The molecule has 14 heavy (non-hydrogen) atoms. The summed E-state index contributed by atoms with van der Waals surface area (Å²) in [6, 6.07) is 0.319. The SMILES string of the molecule is CCC(Cc1cn2ccsc2n1)NN. The molecule has 0 bridgehead atoms. The van der Waals surface area contributed by atoms with E-state index in [9.17, 15) is 0 Å². The lowest BCUT2D eigenvalue weighted by atomic mass is 10.1. The van der Waals surface area contributed by atoms with Gasteiger partial charge in [-0.2, -0.15) is 0 Å². The van der Waals surface area contributed by atoms with Gasteiger partial charge < -0.3 is 0 Å². The molecule has 0 aliphatic heterocycles. The van der Waals surface area contributed by atoms with Crippen molar-refractivity contribution in [3.8, 4) is 0 Å². The molecule has 0 saturated carbocycles. The summed E-state index contributed by atoms with van der Waals surface area (Å²) in [4.78, 5) is 5.54. The van der Waals surface area contributed by atoms with Crippen LogP contribution in [0.5, 0.6) is 0 Å². The summed E-state index contributed by atoms with van der Waals surface area (Å²) in [6.07, 6.45) is 5.99. The largest absolute Gasteiger partial charge is 0.297 e. The smallest absolute Gasteiger partial charge is 0.193 e. The quantitative estimate of drug-likeness (QED) is 0.588. The van der Waals surface area contributed by atoms with Gasteiger partial charge >= 0.3 is 0 Å². The lowest BCUT2D eigenvalue weighted by Crippen LogP contribution is -2.36. The van der Waals surface area contributed by atoms with Crippen molar-refractivity contribution in [3.63, 3.8) is 0 Å². The van der Waals surface area contributed by atoms with Crippen LogP contribution >= 0.6 is 11.3 Å². The van der Waals surface area contributed by atoms with Crippen molar-refractivity contribution >= 4 is 16.3 Å². The maximum Gasteiger partial charge on any atom is 0.193 e. The molecule has 2 rings (SSSR count). The number of rotatable bonds is 4. The molecule has 2 heterocycles. The highest BCUT2D eigenvalue weighted by Crippen LogP contribution is 2.12. The Balaban J connectivity index is 2.14. The number of hydrogen-bond acceptors (Lipinski definition) is 4. The minimum Gasteiger partial charge on any atom is -0.297 e. The Morgan fingerprint density at radius 1 is 1.71 bits per heavy atom. The van der Waals surface area contributed by atoms with E-state index < -0.39 is 0 Å². The third-order valence-corrected chi connectivity index (χ3v) is 3.10. The van der Waals surface area contributed by atoms with Crippen molar-refractivity contribution in [2.24, 2.45) is 5.84 Å². The summed E-state index contributed by atoms with van der Waals surface area (Å²) in [7, 11) is 0. The van der Waals surface area contributed by atoms with Crippen LogP contribution in [-0.4, -0.2) is 15.4 Å². The Bertz CT molecular complexity index is 373. The Labute approximate surface area is 86.7 Å². The van der Waals surface area contributed by atoms with Gasteiger partial charge in [0, 0.05) is 30.2 Å². The van der Waals surface area contributed by atoms with E-state index in [2.05, 4.69) is 23.5 Å². The Kier molecular flexibility index (Phi) is 2.81. The highest BCUT2D eigenvalue weighted by atomic mass is 32.1. The predicted octanol–water partition coefficient (Wildman–Crippen LogP) is 1.18. The fraction of sp³-hybridized carbons (Fsp3) is 0.444. The fourth-order valence-electron chi connectivity index (χ4n) is 1.45. The van der Waals surface area contributed by atoms with Crippen molar-refractivity contribution in [3.05, 3.63) is 23.5 Å². The maximum atomic E-state index is 5.42. The van der Waals surface area contributed by atoms with Crippen molar-refractivity contribution in [1.29, 1.82) is 0 Å². The first-order chi connectivity index (χ1) is 6.83. The van der Waals surface area contributed by atoms with Crippen molar-refractivity contribution in [2.45, 2.75) is 25.8 Å². The van der Waals surface area contributed by atoms with Crippen LogP contribution in [-0.2, 0) is 6.42 Å². The molecular weight excluding hydrogens is 196 g/mol. The highest BCUT2D eigenvalue weighted by molar-refractivity contribution is 7.15. The molecule has 0 spiro atoms. The zero-order chi connectivity index (χ0) is 9.97. The second kappa shape index (κ2) is 4.08. The van der Waals surface area contributed by atoms with Crippen LogP contribution in [0.1, 0.15) is 19.0 Å². The van der Waals surface area contributed by atoms with Crippen LogP contribution in [0.15, 0.2) is 17.8 Å². The van der Waals surface area contributed by atoms with E-state index in [4.69, 9.17) is 5.84 Å². The van der Waals surface area contributed by atoms with Gasteiger partial charge in [-0.3, -0.25) is 15.7 Å². The van der Waals surface area contributed by atoms with Crippen LogP contribution in [0.4, 0.5) is 0 Å². The average molecular weight is 210 g/mol. The van der Waals surface area contributed by atoms with E-state index in [0.29, 0.717) is 6.04 Å². The van der Waals surface area contributed by atoms with Crippen LogP contribution in [0.25, 0.3) is 4.96 Å². The molecule has 2 aromatic rings. The monoisotopic (exact) mass is 210 g/mol. The van der Waals surface area contributed by atoms with E-state index in [1.165, 1.54) is 0 Å². The molecule has 5 heteroatoms. The zero-order valence-electron chi connectivity index (χ0n) is 8.10. The molecule has 3 N–H and O–H groups in total. The summed E-state index contributed by atoms with van der Waals surface area (Å²) in [5.74, 6) is 5.42. The first kappa shape index (κ1) is 9.64. The molecule has 0 fully saturated rings. The van der Waals surface area contributed by atoms with E-state index in [0.717, 1.165) is 23.5 Å². The first-order valence-electron chi connectivity index (χ1n) is 4.70. The molecule has 0 aliphatic carbocycles. The zero-order valence-corrected chi connectivity index (χ0v) is 8.92. The van der Waals surface area contributed by atoms with E-state index in [-0.39, 0.29) is 0 Å². The Morgan fingerprint density at radius 2 is 2.57 bits per heavy atom. The molecule has 1 atom stereocenters. The second-order valence-electron chi connectivity index (χ2n) is 3.30. The fourth-order valence-corrected chi connectivity index (χ4v) is 2.17. The van der Waals surface area contributed by atoms with E-state index in [1.54, 1.807) is 11.3 Å². The van der Waals surface area contributed by atoms with Gasteiger partial charge in [-0.05, 0) is 6.42 Å². The van der Waals surface area contributed by atoms with Crippen LogP contribution in [0.2, 0.25) is 0 Å². The van der Waals surface area contributed by atoms with Gasteiger partial charge in [0.2, 0.25) is 0 Å². The van der Waals surface area contributed by atoms with Gasteiger partial charge in [-0.15, -0.1) is 11.3 Å². The maximum absolute atomic E-state index is 5.42. The molecule has 2 aromatic heterocycles. The number of nitrogens with two attached hydrogens (primary N) is 1. The number of nitrogens with zero attached hydrogens (tertiary/aromatic N) is 2. The van der Waals surface area contributed by atoms with E-state index in [1.807, 2.05) is 16.0 Å². The lowest BCUT2D eigenvalue weighted by molar-refractivity contribution is 0.507. The Morgan fingerprint density at radius 3 is 3.21 bits per heavy atom. The molecule has 0 aliphatic rings. The molecule has 76 valence electrons. The lowest BCUT2D eigenvalue weighted by Gasteiger charge is -2.10. The molecule has 0 radical (unpaired) electrons. The number of thiazole rings is 1.